The van der Waals surface area contributed by atoms with Crippen LogP contribution in [0.3, 0.4) is 0 Å². The maximum absolute atomic E-state index is 13.2. The van der Waals surface area contributed by atoms with Crippen molar-refractivity contribution < 1.29 is 21.6 Å². The van der Waals surface area contributed by atoms with Crippen LogP contribution in [0.5, 0.6) is 0 Å². The number of hydrogen-bond donors (Lipinski definition) is 1. The SMILES string of the molecule is CCCS(=O)(=O)c1c(S(=O)(=O)CCC)c2ccccn2c1C(=O)NN=Cc1ccncc1. The second-order valence-corrected chi connectivity index (χ2v) is 11.2. The van der Waals surface area contributed by atoms with Gasteiger partial charge in [0.15, 0.2) is 19.7 Å². The van der Waals surface area contributed by atoms with E-state index in [2.05, 4.69) is 15.5 Å². The number of amides is 1. The van der Waals surface area contributed by atoms with Gasteiger partial charge in [-0.25, -0.2) is 22.3 Å². The van der Waals surface area contributed by atoms with Crippen molar-refractivity contribution in [2.75, 3.05) is 11.5 Å². The highest BCUT2D eigenvalue weighted by molar-refractivity contribution is 7.94. The van der Waals surface area contributed by atoms with Crippen molar-refractivity contribution in [3.05, 3.63) is 60.2 Å². The van der Waals surface area contributed by atoms with E-state index in [4.69, 9.17) is 0 Å². The van der Waals surface area contributed by atoms with Gasteiger partial charge in [-0.3, -0.25) is 9.78 Å². The van der Waals surface area contributed by atoms with E-state index in [0.717, 1.165) is 0 Å². The number of nitrogens with zero attached hydrogens (tertiary/aromatic N) is 3. The number of carbonyl (C=O) groups is 1. The number of carbonyl (C=O) groups excluding carboxylic acids is 1. The minimum atomic E-state index is -4.08. The topological polar surface area (TPSA) is 127 Å². The Morgan fingerprint density at radius 2 is 1.62 bits per heavy atom. The summed E-state index contributed by atoms with van der Waals surface area (Å²) in [5, 5.41) is 3.89. The monoisotopic (exact) mass is 476 g/mol. The van der Waals surface area contributed by atoms with Crippen LogP contribution in [0.25, 0.3) is 5.52 Å². The zero-order chi connectivity index (χ0) is 23.4. The highest BCUT2D eigenvalue weighted by Gasteiger charge is 2.36. The highest BCUT2D eigenvalue weighted by Crippen LogP contribution is 2.34. The maximum Gasteiger partial charge on any atom is 0.289 e. The number of nitrogens with one attached hydrogen (secondary N) is 1. The van der Waals surface area contributed by atoms with E-state index in [0.29, 0.717) is 12.0 Å². The molecular weight excluding hydrogens is 452 g/mol. The average Bonchev–Trinajstić information content (AvgIpc) is 3.12. The fourth-order valence-corrected chi connectivity index (χ4v) is 7.35. The van der Waals surface area contributed by atoms with Gasteiger partial charge in [-0.1, -0.05) is 19.9 Å². The Morgan fingerprint density at radius 3 is 2.25 bits per heavy atom. The summed E-state index contributed by atoms with van der Waals surface area (Å²) in [5.41, 5.74) is 2.85. The van der Waals surface area contributed by atoms with Crippen molar-refractivity contribution >= 4 is 37.3 Å². The van der Waals surface area contributed by atoms with E-state index in [-0.39, 0.29) is 34.0 Å². The average molecular weight is 477 g/mol. The molecule has 3 rings (SSSR count). The van der Waals surface area contributed by atoms with Gasteiger partial charge >= 0.3 is 0 Å². The number of pyridine rings is 2. The predicted octanol–water partition coefficient (Wildman–Crippen LogP) is 2.47. The van der Waals surface area contributed by atoms with E-state index in [1.807, 2.05) is 0 Å². The van der Waals surface area contributed by atoms with Gasteiger partial charge in [0.05, 0.1) is 23.2 Å². The lowest BCUT2D eigenvalue weighted by molar-refractivity contribution is 0.0945. The zero-order valence-corrected chi connectivity index (χ0v) is 19.4. The second-order valence-electron chi connectivity index (χ2n) is 7.08. The van der Waals surface area contributed by atoms with Crippen molar-refractivity contribution in [1.82, 2.24) is 14.8 Å². The normalized spacial score (nSPS) is 12.4. The molecule has 1 amide bonds. The molecule has 0 saturated heterocycles. The first-order valence-electron chi connectivity index (χ1n) is 10.0. The molecule has 32 heavy (non-hydrogen) atoms. The van der Waals surface area contributed by atoms with Crippen molar-refractivity contribution in [3.63, 3.8) is 0 Å². The van der Waals surface area contributed by atoms with Gasteiger partial charge < -0.3 is 4.40 Å². The lowest BCUT2D eigenvalue weighted by atomic mass is 10.3. The van der Waals surface area contributed by atoms with Crippen molar-refractivity contribution in [1.29, 1.82) is 0 Å². The van der Waals surface area contributed by atoms with Gasteiger partial charge in [0, 0.05) is 18.6 Å². The Labute approximate surface area is 187 Å². The fraction of sp³-hybridized carbons (Fsp3) is 0.286. The minimum absolute atomic E-state index is 0.138. The number of sulfone groups is 2. The third kappa shape index (κ3) is 4.73. The lowest BCUT2D eigenvalue weighted by Crippen LogP contribution is -2.23. The molecule has 0 aliphatic carbocycles. The van der Waals surface area contributed by atoms with Gasteiger partial charge in [0.25, 0.3) is 5.91 Å². The Morgan fingerprint density at radius 1 is 1.00 bits per heavy atom. The van der Waals surface area contributed by atoms with Gasteiger partial charge in [0.2, 0.25) is 0 Å². The number of hydrazone groups is 1. The Kier molecular flexibility index (Phi) is 7.09. The number of aromatic nitrogens is 2. The molecule has 0 radical (unpaired) electrons. The van der Waals surface area contributed by atoms with Crippen LogP contribution >= 0.6 is 0 Å². The van der Waals surface area contributed by atoms with E-state index in [1.165, 1.54) is 22.9 Å². The van der Waals surface area contributed by atoms with Gasteiger partial charge in [-0.2, -0.15) is 5.10 Å². The van der Waals surface area contributed by atoms with Crippen LogP contribution in [0.1, 0.15) is 42.7 Å². The van der Waals surface area contributed by atoms with Crippen molar-refractivity contribution in [3.8, 4) is 0 Å². The smallest absolute Gasteiger partial charge is 0.289 e. The third-order valence-corrected chi connectivity index (χ3v) is 8.70. The molecule has 0 aromatic carbocycles. The number of fused-ring (bicyclic) bond motifs is 1. The summed E-state index contributed by atoms with van der Waals surface area (Å²) in [5.74, 6) is -1.36. The molecule has 0 aliphatic rings. The Hall–Kier alpha value is -3.05. The molecule has 0 aliphatic heterocycles. The van der Waals surface area contributed by atoms with E-state index in [9.17, 15) is 21.6 Å². The molecule has 3 aromatic rings. The van der Waals surface area contributed by atoms with Crippen molar-refractivity contribution in [2.24, 2.45) is 5.10 Å². The summed E-state index contributed by atoms with van der Waals surface area (Å²) in [7, 11) is -8.05. The Balaban J connectivity index is 2.23. The molecule has 170 valence electrons. The molecule has 1 N–H and O–H groups in total. The van der Waals surface area contributed by atoms with Crippen LogP contribution < -0.4 is 5.43 Å². The summed E-state index contributed by atoms with van der Waals surface area (Å²) >= 11 is 0. The largest absolute Gasteiger partial charge is 0.310 e. The quantitative estimate of drug-likeness (QED) is 0.373. The first-order chi connectivity index (χ1) is 15.2. The number of hydrogen-bond acceptors (Lipinski definition) is 7. The summed E-state index contributed by atoms with van der Waals surface area (Å²) in [6, 6.07) is 8.03. The van der Waals surface area contributed by atoms with Crippen LogP contribution in [0.2, 0.25) is 0 Å². The molecule has 0 fully saturated rings. The molecule has 0 saturated carbocycles. The van der Waals surface area contributed by atoms with Crippen molar-refractivity contribution in [2.45, 2.75) is 36.5 Å². The fourth-order valence-electron chi connectivity index (χ4n) is 3.37. The molecule has 0 atom stereocenters. The zero-order valence-electron chi connectivity index (χ0n) is 17.7. The first kappa shape index (κ1) is 23.6. The van der Waals surface area contributed by atoms with Crippen LogP contribution in [-0.2, 0) is 19.7 Å². The third-order valence-electron chi connectivity index (χ3n) is 4.62. The molecule has 0 bridgehead atoms. The highest BCUT2D eigenvalue weighted by atomic mass is 32.2. The molecule has 11 heteroatoms. The lowest BCUT2D eigenvalue weighted by Gasteiger charge is -2.08. The molecule has 3 aromatic heterocycles. The van der Waals surface area contributed by atoms with Crippen LogP contribution in [0.4, 0.5) is 0 Å². The van der Waals surface area contributed by atoms with Crippen LogP contribution in [0.15, 0.2) is 63.8 Å². The van der Waals surface area contributed by atoms with E-state index < -0.39 is 30.5 Å². The second kappa shape index (κ2) is 9.61. The van der Waals surface area contributed by atoms with Gasteiger partial charge in [-0.15, -0.1) is 0 Å². The molecule has 0 unspecified atom stereocenters. The maximum atomic E-state index is 13.2. The molecule has 3 heterocycles. The number of rotatable bonds is 9. The Bertz CT molecular complexity index is 1360. The summed E-state index contributed by atoms with van der Waals surface area (Å²) < 4.78 is 53.9. The summed E-state index contributed by atoms with van der Waals surface area (Å²) in [6.45, 7) is 3.36. The van der Waals surface area contributed by atoms with E-state index >= 15 is 0 Å². The van der Waals surface area contributed by atoms with Gasteiger partial charge in [-0.05, 0) is 42.7 Å². The van der Waals surface area contributed by atoms with Crippen LogP contribution in [-0.4, -0.2) is 49.8 Å². The first-order valence-corrected chi connectivity index (χ1v) is 13.4. The molecule has 9 nitrogen and oxygen atoms in total. The standard InChI is InChI=1S/C21H24N4O5S2/c1-3-13-31(27,28)19-17-7-5-6-12-25(17)18(20(19)32(29,30)14-4-2)21(26)24-23-15-16-8-10-22-11-9-16/h5-12,15H,3-4,13-14H2,1-2H3,(H,24,26). The summed E-state index contributed by atoms with van der Waals surface area (Å²) in [4.78, 5) is 16.2. The summed E-state index contributed by atoms with van der Waals surface area (Å²) in [6.07, 6.45) is 6.53. The minimum Gasteiger partial charge on any atom is -0.310 e. The van der Waals surface area contributed by atoms with E-state index in [1.54, 1.807) is 50.5 Å². The predicted molar refractivity (Wildman–Crippen MR) is 121 cm³/mol. The van der Waals surface area contributed by atoms with Gasteiger partial charge in [0.1, 0.15) is 15.5 Å². The molecule has 0 spiro atoms. The van der Waals surface area contributed by atoms with Crippen LogP contribution in [0, 0.1) is 0 Å². The molecular formula is C21H24N4O5S2.